The number of unbranched alkanes of at least 4 members (excludes halogenated alkanes) is 1. The van der Waals surface area contributed by atoms with Crippen LogP contribution in [0, 0.1) is 0 Å². The number of aromatic nitrogens is 2. The van der Waals surface area contributed by atoms with Gasteiger partial charge in [-0.1, -0.05) is 18.5 Å². The Balaban J connectivity index is 1.78. The number of methoxy groups -OCH3 is 1. The van der Waals surface area contributed by atoms with Crippen LogP contribution in [0.4, 0.5) is 0 Å². The van der Waals surface area contributed by atoms with Crippen LogP contribution in [0.15, 0.2) is 4.52 Å². The highest BCUT2D eigenvalue weighted by atomic mass is 16.5. The molecule has 0 amide bonds. The first-order chi connectivity index (χ1) is 10.2. The largest absolute Gasteiger partial charge is 0.383 e. The van der Waals surface area contributed by atoms with Crippen molar-refractivity contribution in [3.8, 4) is 0 Å². The van der Waals surface area contributed by atoms with Gasteiger partial charge in [-0.15, -0.1) is 0 Å². The molecule has 1 atom stereocenters. The minimum Gasteiger partial charge on any atom is -0.383 e. The molecule has 6 heteroatoms. The maximum atomic E-state index is 5.29. The quantitative estimate of drug-likeness (QED) is 0.726. The number of rotatable bonds is 8. The lowest BCUT2D eigenvalue weighted by Crippen LogP contribution is -2.52. The maximum absolute atomic E-state index is 5.29. The van der Waals surface area contributed by atoms with Crippen molar-refractivity contribution >= 4 is 0 Å². The average molecular weight is 296 g/mol. The molecule has 6 nitrogen and oxygen atoms in total. The number of hydrogen-bond donors (Lipinski definition) is 0. The molecule has 120 valence electrons. The predicted octanol–water partition coefficient (Wildman–Crippen LogP) is 1.56. The van der Waals surface area contributed by atoms with Crippen molar-refractivity contribution in [1.29, 1.82) is 0 Å². The van der Waals surface area contributed by atoms with Gasteiger partial charge in [0.05, 0.1) is 13.2 Å². The summed E-state index contributed by atoms with van der Waals surface area (Å²) in [6.45, 7) is 10.2. The van der Waals surface area contributed by atoms with Crippen LogP contribution in [0.25, 0.3) is 0 Å². The first-order valence-electron chi connectivity index (χ1n) is 7.99. The van der Waals surface area contributed by atoms with E-state index in [0.717, 1.165) is 70.3 Å². The minimum absolute atomic E-state index is 0.542. The van der Waals surface area contributed by atoms with Crippen LogP contribution in [0.1, 0.15) is 38.4 Å². The SMILES string of the molecule is CCCCc1nc(CN2CCN(CCOC)C(C)C2)no1. The maximum Gasteiger partial charge on any atom is 0.226 e. The van der Waals surface area contributed by atoms with Gasteiger partial charge in [0, 0.05) is 45.8 Å². The normalized spacial score (nSPS) is 21.0. The number of piperazine rings is 1. The molecule has 1 aromatic rings. The molecule has 0 aromatic carbocycles. The summed E-state index contributed by atoms with van der Waals surface area (Å²) in [5, 5.41) is 4.10. The van der Waals surface area contributed by atoms with E-state index in [9.17, 15) is 0 Å². The standard InChI is InChI=1S/C15H28N4O2/c1-4-5-6-15-16-14(17-21-15)12-18-7-8-19(9-10-20-3)13(2)11-18/h13H,4-12H2,1-3H3. The van der Waals surface area contributed by atoms with Gasteiger partial charge in [0.1, 0.15) is 0 Å². The van der Waals surface area contributed by atoms with Crippen molar-refractivity contribution < 1.29 is 9.26 Å². The molecule has 1 aliphatic rings. The van der Waals surface area contributed by atoms with Crippen molar-refractivity contribution in [3.63, 3.8) is 0 Å². The van der Waals surface area contributed by atoms with Crippen LogP contribution in [0.2, 0.25) is 0 Å². The van der Waals surface area contributed by atoms with E-state index in [-0.39, 0.29) is 0 Å². The Labute approximate surface area is 127 Å². The van der Waals surface area contributed by atoms with E-state index in [1.165, 1.54) is 0 Å². The van der Waals surface area contributed by atoms with Gasteiger partial charge in [0.25, 0.3) is 0 Å². The third-order valence-corrected chi connectivity index (χ3v) is 4.05. The number of hydrogen-bond acceptors (Lipinski definition) is 6. The fourth-order valence-electron chi connectivity index (χ4n) is 2.74. The fraction of sp³-hybridized carbons (Fsp3) is 0.867. The second-order valence-electron chi connectivity index (χ2n) is 5.82. The molecule has 2 rings (SSSR count). The van der Waals surface area contributed by atoms with Gasteiger partial charge in [-0.3, -0.25) is 9.80 Å². The molecule has 0 radical (unpaired) electrons. The highest BCUT2D eigenvalue weighted by Gasteiger charge is 2.24. The van der Waals surface area contributed by atoms with Gasteiger partial charge < -0.3 is 9.26 Å². The molecule has 0 bridgehead atoms. The lowest BCUT2D eigenvalue weighted by atomic mass is 10.2. The van der Waals surface area contributed by atoms with E-state index >= 15 is 0 Å². The minimum atomic E-state index is 0.542. The average Bonchev–Trinajstić information content (AvgIpc) is 2.92. The smallest absolute Gasteiger partial charge is 0.226 e. The first kappa shape index (κ1) is 16.4. The van der Waals surface area contributed by atoms with Gasteiger partial charge in [-0.25, -0.2) is 0 Å². The molecule has 0 N–H and O–H groups in total. The summed E-state index contributed by atoms with van der Waals surface area (Å²) in [7, 11) is 1.76. The molecule has 0 aliphatic carbocycles. The lowest BCUT2D eigenvalue weighted by molar-refractivity contribution is 0.0543. The predicted molar refractivity (Wildman–Crippen MR) is 81.1 cm³/mol. The first-order valence-corrected chi connectivity index (χ1v) is 7.99. The van der Waals surface area contributed by atoms with Crippen LogP contribution in [-0.4, -0.2) is 65.9 Å². The van der Waals surface area contributed by atoms with Crippen molar-refractivity contribution in [2.75, 3.05) is 39.9 Å². The summed E-state index contributed by atoms with van der Waals surface area (Å²) in [6.07, 6.45) is 3.15. The van der Waals surface area contributed by atoms with Crippen LogP contribution in [-0.2, 0) is 17.7 Å². The number of ether oxygens (including phenoxy) is 1. The third kappa shape index (κ3) is 5.05. The molecular formula is C15H28N4O2. The van der Waals surface area contributed by atoms with E-state index in [0.29, 0.717) is 6.04 Å². The summed E-state index contributed by atoms with van der Waals surface area (Å²) in [5.74, 6) is 1.59. The highest BCUT2D eigenvalue weighted by molar-refractivity contribution is 4.89. The molecular weight excluding hydrogens is 268 g/mol. The second kappa shape index (κ2) is 8.46. The van der Waals surface area contributed by atoms with E-state index in [1.807, 2.05) is 0 Å². The van der Waals surface area contributed by atoms with Crippen molar-refractivity contribution in [2.24, 2.45) is 0 Å². The summed E-state index contributed by atoms with van der Waals surface area (Å²) in [6, 6.07) is 0.542. The van der Waals surface area contributed by atoms with Crippen LogP contribution in [0.3, 0.4) is 0 Å². The van der Waals surface area contributed by atoms with Crippen molar-refractivity contribution in [3.05, 3.63) is 11.7 Å². The molecule has 1 fully saturated rings. The zero-order valence-electron chi connectivity index (χ0n) is 13.5. The fourth-order valence-corrected chi connectivity index (χ4v) is 2.74. The number of nitrogens with zero attached hydrogens (tertiary/aromatic N) is 4. The molecule has 0 spiro atoms. The molecule has 1 aliphatic heterocycles. The number of aryl methyl sites for hydroxylation is 1. The Bertz CT molecular complexity index is 410. The van der Waals surface area contributed by atoms with Gasteiger partial charge >= 0.3 is 0 Å². The summed E-state index contributed by atoms with van der Waals surface area (Å²) >= 11 is 0. The second-order valence-corrected chi connectivity index (χ2v) is 5.82. The van der Waals surface area contributed by atoms with Crippen molar-refractivity contribution in [1.82, 2.24) is 19.9 Å². The van der Waals surface area contributed by atoms with E-state index in [2.05, 4.69) is 33.8 Å². The molecule has 1 saturated heterocycles. The summed E-state index contributed by atoms with van der Waals surface area (Å²) < 4.78 is 10.5. The van der Waals surface area contributed by atoms with E-state index in [4.69, 9.17) is 9.26 Å². The molecule has 21 heavy (non-hydrogen) atoms. The van der Waals surface area contributed by atoms with E-state index in [1.54, 1.807) is 7.11 Å². The van der Waals surface area contributed by atoms with Crippen molar-refractivity contribution in [2.45, 2.75) is 45.7 Å². The Morgan fingerprint density at radius 1 is 1.38 bits per heavy atom. The molecule has 1 unspecified atom stereocenters. The summed E-state index contributed by atoms with van der Waals surface area (Å²) in [5.41, 5.74) is 0. The van der Waals surface area contributed by atoms with Gasteiger partial charge in [-0.05, 0) is 13.3 Å². The third-order valence-electron chi connectivity index (χ3n) is 4.05. The lowest BCUT2D eigenvalue weighted by Gasteiger charge is -2.39. The molecule has 0 saturated carbocycles. The molecule has 2 heterocycles. The van der Waals surface area contributed by atoms with Gasteiger partial charge in [0.2, 0.25) is 5.89 Å². The van der Waals surface area contributed by atoms with Gasteiger partial charge in [0.15, 0.2) is 5.82 Å². The van der Waals surface area contributed by atoms with Crippen LogP contribution < -0.4 is 0 Å². The monoisotopic (exact) mass is 296 g/mol. The molecule has 1 aromatic heterocycles. The van der Waals surface area contributed by atoms with Crippen LogP contribution in [0.5, 0.6) is 0 Å². The Hall–Kier alpha value is -0.980. The zero-order chi connectivity index (χ0) is 15.1. The Kier molecular flexibility index (Phi) is 6.60. The zero-order valence-corrected chi connectivity index (χ0v) is 13.5. The van der Waals surface area contributed by atoms with Crippen LogP contribution >= 0.6 is 0 Å². The highest BCUT2D eigenvalue weighted by Crippen LogP contribution is 2.12. The Morgan fingerprint density at radius 2 is 2.24 bits per heavy atom. The van der Waals surface area contributed by atoms with Gasteiger partial charge in [-0.2, -0.15) is 4.98 Å². The Morgan fingerprint density at radius 3 is 2.95 bits per heavy atom. The van der Waals surface area contributed by atoms with E-state index < -0.39 is 0 Å². The topological polar surface area (TPSA) is 54.6 Å². The summed E-state index contributed by atoms with van der Waals surface area (Å²) in [4.78, 5) is 9.36.